The third kappa shape index (κ3) is 4.43. The Balaban J connectivity index is 1.72. The number of rotatable bonds is 4. The van der Waals surface area contributed by atoms with Gasteiger partial charge < -0.3 is 5.32 Å². The van der Waals surface area contributed by atoms with Crippen molar-refractivity contribution in [1.82, 2.24) is 10.3 Å². The van der Waals surface area contributed by atoms with Gasteiger partial charge in [0.2, 0.25) is 10.0 Å². The van der Waals surface area contributed by atoms with Crippen LogP contribution in [0.15, 0.2) is 47.4 Å². The zero-order valence-corrected chi connectivity index (χ0v) is 15.1. The van der Waals surface area contributed by atoms with Crippen LogP contribution in [0.25, 0.3) is 10.2 Å². The average Bonchev–Trinajstić information content (AvgIpc) is 3.03. The first-order valence-electron chi connectivity index (χ1n) is 7.42. The standard InChI is InChI=1S/C16H12F3N3O3S2/c17-16(18,19)15-22-12-6-3-10(7-13(12)26-15)14(23)21-8-9-1-4-11(5-2-9)27(20,24)25/h1-7H,8H2,(H,21,23)(H2,20,24,25). The van der Waals surface area contributed by atoms with Crippen LogP contribution in [0.4, 0.5) is 13.2 Å². The first-order valence-corrected chi connectivity index (χ1v) is 9.78. The number of alkyl halides is 3. The number of nitrogens with zero attached hydrogens (tertiary/aromatic N) is 1. The average molecular weight is 415 g/mol. The Morgan fingerprint density at radius 3 is 2.41 bits per heavy atom. The number of hydrogen-bond acceptors (Lipinski definition) is 5. The highest BCUT2D eigenvalue weighted by atomic mass is 32.2. The number of thiazole rings is 1. The Hall–Kier alpha value is -2.50. The van der Waals surface area contributed by atoms with Gasteiger partial charge in [0, 0.05) is 12.1 Å². The molecule has 1 heterocycles. The third-order valence-electron chi connectivity index (χ3n) is 3.60. The molecule has 0 spiro atoms. The van der Waals surface area contributed by atoms with E-state index in [1.165, 1.54) is 42.5 Å². The molecule has 0 radical (unpaired) electrons. The number of nitrogens with one attached hydrogen (secondary N) is 1. The second-order valence-corrected chi connectivity index (χ2v) is 8.16. The number of nitrogens with two attached hydrogens (primary N) is 1. The molecule has 142 valence electrons. The fourth-order valence-corrected chi connectivity index (χ4v) is 3.66. The Morgan fingerprint density at radius 2 is 1.81 bits per heavy atom. The maximum absolute atomic E-state index is 12.7. The molecule has 1 amide bonds. The topological polar surface area (TPSA) is 102 Å². The van der Waals surface area contributed by atoms with Crippen molar-refractivity contribution in [2.75, 3.05) is 0 Å². The molecule has 2 aromatic carbocycles. The van der Waals surface area contributed by atoms with Gasteiger partial charge >= 0.3 is 6.18 Å². The molecule has 1 aromatic heterocycles. The minimum atomic E-state index is -4.53. The number of carbonyl (C=O) groups excluding carboxylic acids is 1. The summed E-state index contributed by atoms with van der Waals surface area (Å²) < 4.78 is 60.8. The molecule has 3 N–H and O–H groups in total. The maximum atomic E-state index is 12.7. The van der Waals surface area contributed by atoms with E-state index in [9.17, 15) is 26.4 Å². The number of carbonyl (C=O) groups is 1. The van der Waals surface area contributed by atoms with Crippen molar-refractivity contribution in [3.8, 4) is 0 Å². The highest BCUT2D eigenvalue weighted by Gasteiger charge is 2.34. The van der Waals surface area contributed by atoms with Crippen LogP contribution in [0.3, 0.4) is 0 Å². The molecule has 0 aliphatic carbocycles. The predicted octanol–water partition coefficient (Wildman–Crippen LogP) is 2.89. The van der Waals surface area contributed by atoms with Gasteiger partial charge in [0.25, 0.3) is 5.91 Å². The van der Waals surface area contributed by atoms with E-state index in [0.29, 0.717) is 16.9 Å². The zero-order valence-electron chi connectivity index (χ0n) is 13.4. The zero-order chi connectivity index (χ0) is 19.8. The summed E-state index contributed by atoms with van der Waals surface area (Å²) in [6.45, 7) is 0.109. The molecule has 0 fully saturated rings. The summed E-state index contributed by atoms with van der Waals surface area (Å²) in [4.78, 5) is 15.7. The largest absolute Gasteiger partial charge is 0.443 e. The molecule has 0 saturated heterocycles. The van der Waals surface area contributed by atoms with Gasteiger partial charge in [-0.2, -0.15) is 13.2 Å². The van der Waals surface area contributed by atoms with Crippen LogP contribution in [0, 0.1) is 0 Å². The highest BCUT2D eigenvalue weighted by molar-refractivity contribution is 7.89. The molecule has 0 unspecified atom stereocenters. The smallest absolute Gasteiger partial charge is 0.348 e. The van der Waals surface area contributed by atoms with E-state index in [1.807, 2.05) is 0 Å². The van der Waals surface area contributed by atoms with Crippen LogP contribution >= 0.6 is 11.3 Å². The Kier molecular flexibility index (Phi) is 4.93. The molecule has 0 atom stereocenters. The number of benzene rings is 2. The number of halogens is 3. The van der Waals surface area contributed by atoms with E-state index in [1.54, 1.807) is 0 Å². The van der Waals surface area contributed by atoms with Crippen molar-refractivity contribution >= 4 is 37.5 Å². The van der Waals surface area contributed by atoms with Crippen molar-refractivity contribution in [2.24, 2.45) is 5.14 Å². The fraction of sp³-hybridized carbons (Fsp3) is 0.125. The number of amides is 1. The molecule has 6 nitrogen and oxygen atoms in total. The van der Waals surface area contributed by atoms with Gasteiger partial charge in [-0.05, 0) is 35.9 Å². The van der Waals surface area contributed by atoms with Crippen molar-refractivity contribution < 1.29 is 26.4 Å². The number of aromatic nitrogens is 1. The van der Waals surface area contributed by atoms with Gasteiger partial charge in [-0.15, -0.1) is 11.3 Å². The summed E-state index contributed by atoms with van der Waals surface area (Å²) in [6, 6.07) is 9.74. The quantitative estimate of drug-likeness (QED) is 0.684. The molecule has 0 bridgehead atoms. The van der Waals surface area contributed by atoms with Crippen molar-refractivity contribution in [3.63, 3.8) is 0 Å². The lowest BCUT2D eigenvalue weighted by atomic mass is 10.2. The van der Waals surface area contributed by atoms with Gasteiger partial charge in [0.05, 0.1) is 15.1 Å². The van der Waals surface area contributed by atoms with Crippen molar-refractivity contribution in [2.45, 2.75) is 17.6 Å². The molecule has 11 heteroatoms. The van der Waals surface area contributed by atoms with Crippen LogP contribution < -0.4 is 10.5 Å². The van der Waals surface area contributed by atoms with Gasteiger partial charge in [0.15, 0.2) is 5.01 Å². The lowest BCUT2D eigenvalue weighted by Crippen LogP contribution is -2.22. The van der Waals surface area contributed by atoms with E-state index >= 15 is 0 Å². The van der Waals surface area contributed by atoms with Gasteiger partial charge in [-0.1, -0.05) is 12.1 Å². The highest BCUT2D eigenvalue weighted by Crippen LogP contribution is 2.35. The Labute approximate surface area is 155 Å². The number of primary sulfonamides is 1. The normalized spacial score (nSPS) is 12.3. The molecule has 0 saturated carbocycles. The molecule has 3 aromatic rings. The minimum absolute atomic E-state index is 0.0475. The monoisotopic (exact) mass is 415 g/mol. The van der Waals surface area contributed by atoms with E-state index in [0.717, 1.165) is 0 Å². The van der Waals surface area contributed by atoms with Gasteiger partial charge in [-0.25, -0.2) is 18.5 Å². The van der Waals surface area contributed by atoms with Gasteiger partial charge in [-0.3, -0.25) is 4.79 Å². The molecule has 0 aliphatic heterocycles. The molecular formula is C16H12F3N3O3S2. The molecular weight excluding hydrogens is 403 g/mol. The Bertz CT molecular complexity index is 1110. The summed E-state index contributed by atoms with van der Waals surface area (Å²) in [5.41, 5.74) is 0.998. The van der Waals surface area contributed by atoms with E-state index in [2.05, 4.69) is 10.3 Å². The van der Waals surface area contributed by atoms with E-state index in [-0.39, 0.29) is 27.2 Å². The van der Waals surface area contributed by atoms with Crippen LogP contribution in [0.2, 0.25) is 0 Å². The summed E-state index contributed by atoms with van der Waals surface area (Å²) >= 11 is 0.469. The second kappa shape index (κ2) is 6.91. The first-order chi connectivity index (χ1) is 12.5. The van der Waals surface area contributed by atoms with Crippen molar-refractivity contribution in [1.29, 1.82) is 0 Å². The second-order valence-electron chi connectivity index (χ2n) is 5.57. The maximum Gasteiger partial charge on any atom is 0.443 e. The summed E-state index contributed by atoms with van der Waals surface area (Å²) in [5.74, 6) is -0.477. The Morgan fingerprint density at radius 1 is 1.15 bits per heavy atom. The van der Waals surface area contributed by atoms with E-state index in [4.69, 9.17) is 5.14 Å². The van der Waals surface area contributed by atoms with Gasteiger partial charge in [0.1, 0.15) is 0 Å². The number of sulfonamides is 1. The van der Waals surface area contributed by atoms with Crippen LogP contribution in [-0.4, -0.2) is 19.3 Å². The van der Waals surface area contributed by atoms with Crippen LogP contribution in [0.5, 0.6) is 0 Å². The van der Waals surface area contributed by atoms with E-state index < -0.39 is 27.1 Å². The molecule has 3 rings (SSSR count). The lowest BCUT2D eigenvalue weighted by molar-refractivity contribution is -0.137. The fourth-order valence-electron chi connectivity index (χ4n) is 2.27. The number of fused-ring (bicyclic) bond motifs is 1. The minimum Gasteiger partial charge on any atom is -0.348 e. The molecule has 0 aliphatic rings. The first kappa shape index (κ1) is 19.3. The summed E-state index contributed by atoms with van der Waals surface area (Å²) in [5, 5.41) is 6.66. The van der Waals surface area contributed by atoms with Crippen LogP contribution in [0.1, 0.15) is 20.9 Å². The number of hydrogen-bond donors (Lipinski definition) is 2. The summed E-state index contributed by atoms with van der Waals surface area (Å²) in [6.07, 6.45) is -4.53. The SMILES string of the molecule is NS(=O)(=O)c1ccc(CNC(=O)c2ccc3nc(C(F)(F)F)sc3c2)cc1. The van der Waals surface area contributed by atoms with Crippen LogP contribution in [-0.2, 0) is 22.7 Å². The predicted molar refractivity (Wildman–Crippen MR) is 93.6 cm³/mol. The van der Waals surface area contributed by atoms with Crippen molar-refractivity contribution in [3.05, 3.63) is 58.6 Å². The third-order valence-corrected chi connectivity index (χ3v) is 5.59. The molecule has 27 heavy (non-hydrogen) atoms. The summed E-state index contributed by atoms with van der Waals surface area (Å²) in [7, 11) is -3.80. The lowest BCUT2D eigenvalue weighted by Gasteiger charge is -2.06.